The normalized spacial score (nSPS) is 26.5. The summed E-state index contributed by atoms with van der Waals surface area (Å²) >= 11 is 0. The maximum absolute atomic E-state index is 10.7. The average Bonchev–Trinajstić information content (AvgIpc) is 2.67. The highest BCUT2D eigenvalue weighted by atomic mass is 16.5. The minimum Gasteiger partial charge on any atom is -0.395 e. The molecule has 0 bridgehead atoms. The smallest absolute Gasteiger partial charge is 0.109 e. The van der Waals surface area contributed by atoms with Gasteiger partial charge in [0.15, 0.2) is 0 Å². The van der Waals surface area contributed by atoms with Crippen molar-refractivity contribution < 1.29 is 19.7 Å². The molecule has 25 heavy (non-hydrogen) atoms. The molecule has 2 aromatic rings. The van der Waals surface area contributed by atoms with Crippen molar-refractivity contribution in [3.05, 3.63) is 71.8 Å². The minimum atomic E-state index is -0.800. The molecular weight excluding hydrogens is 318 g/mol. The zero-order chi connectivity index (χ0) is 17.5. The van der Waals surface area contributed by atoms with Gasteiger partial charge in [0.25, 0.3) is 0 Å². The van der Waals surface area contributed by atoms with Gasteiger partial charge in [0.1, 0.15) is 12.2 Å². The Kier molecular flexibility index (Phi) is 6.55. The van der Waals surface area contributed by atoms with Gasteiger partial charge in [0.05, 0.1) is 32.0 Å². The molecule has 0 amide bonds. The lowest BCUT2D eigenvalue weighted by Crippen LogP contribution is -2.62. The highest BCUT2D eigenvalue weighted by Crippen LogP contribution is 2.19. The van der Waals surface area contributed by atoms with Crippen LogP contribution < -0.4 is 5.32 Å². The zero-order valence-corrected chi connectivity index (χ0v) is 14.1. The van der Waals surface area contributed by atoms with E-state index in [1.807, 2.05) is 60.7 Å². The third-order valence-electron chi connectivity index (χ3n) is 4.48. The molecular formula is C20H25NO4. The van der Waals surface area contributed by atoms with Crippen LogP contribution in [0.5, 0.6) is 0 Å². The average molecular weight is 343 g/mol. The molecule has 1 heterocycles. The van der Waals surface area contributed by atoms with Gasteiger partial charge in [0, 0.05) is 6.54 Å². The summed E-state index contributed by atoms with van der Waals surface area (Å²) in [6.07, 6.45) is -1.71. The summed E-state index contributed by atoms with van der Waals surface area (Å²) in [7, 11) is 0. The van der Waals surface area contributed by atoms with Crippen LogP contribution in [0.4, 0.5) is 0 Å². The van der Waals surface area contributed by atoms with E-state index in [9.17, 15) is 10.2 Å². The van der Waals surface area contributed by atoms with E-state index in [4.69, 9.17) is 9.47 Å². The van der Waals surface area contributed by atoms with Crippen LogP contribution >= 0.6 is 0 Å². The Bertz CT molecular complexity index is 622. The van der Waals surface area contributed by atoms with Crippen molar-refractivity contribution in [1.82, 2.24) is 5.32 Å². The van der Waals surface area contributed by atoms with Crippen LogP contribution in [0.15, 0.2) is 60.7 Å². The number of nitrogens with one attached hydrogen (secondary N) is 1. The molecule has 1 aliphatic rings. The molecule has 5 heteroatoms. The van der Waals surface area contributed by atoms with Gasteiger partial charge in [-0.3, -0.25) is 0 Å². The van der Waals surface area contributed by atoms with Gasteiger partial charge in [-0.05, 0) is 11.1 Å². The molecule has 2 aromatic carbocycles. The highest BCUT2D eigenvalue weighted by molar-refractivity contribution is 5.14. The third-order valence-corrected chi connectivity index (χ3v) is 4.48. The quantitative estimate of drug-likeness (QED) is 0.710. The first-order valence-corrected chi connectivity index (χ1v) is 8.61. The van der Waals surface area contributed by atoms with E-state index in [1.54, 1.807) is 0 Å². The van der Waals surface area contributed by atoms with E-state index in [2.05, 4.69) is 5.32 Å². The maximum Gasteiger partial charge on any atom is 0.109 e. The molecule has 0 aromatic heterocycles. The molecule has 0 spiro atoms. The number of rotatable bonds is 7. The zero-order valence-electron chi connectivity index (χ0n) is 14.1. The summed E-state index contributed by atoms with van der Waals surface area (Å²) < 4.78 is 11.8. The molecule has 1 saturated heterocycles. The van der Waals surface area contributed by atoms with Crippen molar-refractivity contribution in [3.63, 3.8) is 0 Å². The van der Waals surface area contributed by atoms with E-state index in [0.717, 1.165) is 11.1 Å². The molecule has 3 rings (SSSR count). The standard InChI is InChI=1S/C20H25NO4/c22-12-17-20(25-14-16-9-5-2-6-10-16)19(23)18(11-21-17)24-13-15-7-3-1-4-8-15/h1-10,17-23H,11-14H2/t17-,18-,19-,20-/m1/s1. The topological polar surface area (TPSA) is 71.0 Å². The van der Waals surface area contributed by atoms with E-state index in [1.165, 1.54) is 0 Å². The molecule has 0 aliphatic carbocycles. The summed E-state index contributed by atoms with van der Waals surface area (Å²) in [6, 6.07) is 19.3. The monoisotopic (exact) mass is 343 g/mol. The first-order chi connectivity index (χ1) is 12.3. The number of piperidine rings is 1. The Hall–Kier alpha value is -1.76. The van der Waals surface area contributed by atoms with E-state index in [0.29, 0.717) is 19.8 Å². The number of hydrogen-bond acceptors (Lipinski definition) is 5. The Morgan fingerprint density at radius 1 is 0.880 bits per heavy atom. The number of aliphatic hydroxyl groups is 2. The predicted octanol–water partition coefficient (Wildman–Crippen LogP) is 1.48. The Morgan fingerprint density at radius 3 is 2.00 bits per heavy atom. The van der Waals surface area contributed by atoms with Gasteiger partial charge in [-0.25, -0.2) is 0 Å². The van der Waals surface area contributed by atoms with Crippen LogP contribution in [0.2, 0.25) is 0 Å². The molecule has 0 saturated carbocycles. The number of hydrogen-bond donors (Lipinski definition) is 3. The van der Waals surface area contributed by atoms with E-state index >= 15 is 0 Å². The van der Waals surface area contributed by atoms with Crippen LogP contribution in [-0.2, 0) is 22.7 Å². The minimum absolute atomic E-state index is 0.0953. The molecule has 0 radical (unpaired) electrons. The maximum atomic E-state index is 10.7. The number of ether oxygens (including phenoxy) is 2. The lowest BCUT2D eigenvalue weighted by Gasteiger charge is -2.40. The van der Waals surface area contributed by atoms with Crippen LogP contribution in [0.25, 0.3) is 0 Å². The predicted molar refractivity (Wildman–Crippen MR) is 94.9 cm³/mol. The highest BCUT2D eigenvalue weighted by Gasteiger charge is 2.39. The summed E-state index contributed by atoms with van der Waals surface area (Å²) in [5.41, 5.74) is 2.08. The Morgan fingerprint density at radius 2 is 1.44 bits per heavy atom. The van der Waals surface area contributed by atoms with Gasteiger partial charge >= 0.3 is 0 Å². The van der Waals surface area contributed by atoms with Gasteiger partial charge in [-0.2, -0.15) is 0 Å². The first-order valence-electron chi connectivity index (χ1n) is 8.61. The fourth-order valence-corrected chi connectivity index (χ4v) is 3.04. The van der Waals surface area contributed by atoms with Gasteiger partial charge in [-0.15, -0.1) is 0 Å². The number of aliphatic hydroxyl groups excluding tert-OH is 2. The second-order valence-corrected chi connectivity index (χ2v) is 6.28. The second-order valence-electron chi connectivity index (χ2n) is 6.28. The molecule has 0 unspecified atom stereocenters. The second kappa shape index (κ2) is 9.08. The van der Waals surface area contributed by atoms with E-state index in [-0.39, 0.29) is 18.8 Å². The SMILES string of the molecule is OC[C@H]1NC[C@@H](OCc2ccccc2)[C@@H](O)[C@@H]1OCc1ccccc1. The van der Waals surface area contributed by atoms with Gasteiger partial charge in [0.2, 0.25) is 0 Å². The summed E-state index contributed by atoms with van der Waals surface area (Å²) in [5, 5.41) is 23.5. The fourth-order valence-electron chi connectivity index (χ4n) is 3.04. The molecule has 5 nitrogen and oxygen atoms in total. The first kappa shape index (κ1) is 18.0. The Labute approximate surface area is 148 Å². The van der Waals surface area contributed by atoms with Crippen molar-refractivity contribution in [1.29, 1.82) is 0 Å². The molecule has 1 fully saturated rings. The lowest BCUT2D eigenvalue weighted by molar-refractivity contribution is -0.153. The van der Waals surface area contributed by atoms with E-state index < -0.39 is 12.2 Å². The molecule has 134 valence electrons. The van der Waals surface area contributed by atoms with Gasteiger partial charge < -0.3 is 25.0 Å². The summed E-state index contributed by atoms with van der Waals surface area (Å²) in [6.45, 7) is 1.19. The van der Waals surface area contributed by atoms with Crippen molar-refractivity contribution in [3.8, 4) is 0 Å². The molecule has 1 aliphatic heterocycles. The fraction of sp³-hybridized carbons (Fsp3) is 0.400. The third kappa shape index (κ3) is 4.87. The van der Waals surface area contributed by atoms with Crippen molar-refractivity contribution in [2.45, 2.75) is 37.6 Å². The van der Waals surface area contributed by atoms with Crippen LogP contribution in [0.3, 0.4) is 0 Å². The van der Waals surface area contributed by atoms with Crippen molar-refractivity contribution in [2.24, 2.45) is 0 Å². The largest absolute Gasteiger partial charge is 0.395 e. The van der Waals surface area contributed by atoms with Crippen LogP contribution in [0.1, 0.15) is 11.1 Å². The number of benzene rings is 2. The van der Waals surface area contributed by atoms with Crippen LogP contribution in [0, 0.1) is 0 Å². The summed E-state index contributed by atoms with van der Waals surface area (Å²) in [5.74, 6) is 0. The van der Waals surface area contributed by atoms with Crippen molar-refractivity contribution >= 4 is 0 Å². The van der Waals surface area contributed by atoms with Gasteiger partial charge in [-0.1, -0.05) is 60.7 Å². The lowest BCUT2D eigenvalue weighted by atomic mass is 9.96. The summed E-state index contributed by atoms with van der Waals surface area (Å²) in [4.78, 5) is 0. The molecule has 4 atom stereocenters. The Balaban J connectivity index is 1.59. The van der Waals surface area contributed by atoms with Crippen molar-refractivity contribution in [2.75, 3.05) is 13.2 Å². The van der Waals surface area contributed by atoms with Crippen LogP contribution in [-0.4, -0.2) is 47.7 Å². The molecule has 3 N–H and O–H groups in total.